The van der Waals surface area contributed by atoms with Crippen molar-refractivity contribution in [3.63, 3.8) is 0 Å². The van der Waals surface area contributed by atoms with Crippen LogP contribution in [0.1, 0.15) is 13.8 Å². The van der Waals surface area contributed by atoms with E-state index in [2.05, 4.69) is 18.7 Å². The molecular weight excluding hydrogens is 422 g/mol. The van der Waals surface area contributed by atoms with Gasteiger partial charge in [0.1, 0.15) is 11.5 Å². The van der Waals surface area contributed by atoms with Gasteiger partial charge in [-0.2, -0.15) is 0 Å². The van der Waals surface area contributed by atoms with Crippen LogP contribution in [0.5, 0.6) is 11.5 Å². The maximum atomic E-state index is 13.1. The number of anilines is 1. The molecule has 3 aromatic rings. The number of rotatable bonds is 10. The zero-order valence-electron chi connectivity index (χ0n) is 17.4. The SMILES string of the molecule is CCN(CC)CCN(C(=O)COc1ccc(Cl)cc1)c1nc2cc(OC)ccc2s1. The normalized spacial score (nSPS) is 11.1. The molecule has 0 N–H and O–H groups in total. The number of methoxy groups -OCH3 is 1. The Balaban J connectivity index is 1.79. The number of halogens is 1. The molecular formula is C22H26ClN3O3S. The average molecular weight is 448 g/mol. The van der Waals surface area contributed by atoms with Crippen LogP contribution in [0, 0.1) is 0 Å². The van der Waals surface area contributed by atoms with E-state index in [1.807, 2.05) is 18.2 Å². The van der Waals surface area contributed by atoms with Gasteiger partial charge >= 0.3 is 0 Å². The summed E-state index contributed by atoms with van der Waals surface area (Å²) < 4.78 is 12.0. The summed E-state index contributed by atoms with van der Waals surface area (Å²) in [6.45, 7) is 7.32. The van der Waals surface area contributed by atoms with Crippen LogP contribution in [0.3, 0.4) is 0 Å². The Hall–Kier alpha value is -2.35. The zero-order chi connectivity index (χ0) is 21.5. The van der Waals surface area contributed by atoms with Crippen LogP contribution >= 0.6 is 22.9 Å². The van der Waals surface area contributed by atoms with Gasteiger partial charge in [-0.05, 0) is 49.5 Å². The second-order valence-corrected chi connectivity index (χ2v) is 8.09. The lowest BCUT2D eigenvalue weighted by atomic mass is 10.3. The minimum atomic E-state index is -0.136. The Bertz CT molecular complexity index is 973. The third-order valence-electron chi connectivity index (χ3n) is 4.83. The molecule has 0 aliphatic carbocycles. The lowest BCUT2D eigenvalue weighted by Gasteiger charge is -2.24. The topological polar surface area (TPSA) is 54.9 Å². The van der Waals surface area contributed by atoms with E-state index in [4.69, 9.17) is 26.1 Å². The predicted octanol–water partition coefficient (Wildman–Crippen LogP) is 4.71. The van der Waals surface area contributed by atoms with Crippen molar-refractivity contribution in [1.82, 2.24) is 9.88 Å². The fourth-order valence-electron chi connectivity index (χ4n) is 3.00. The number of hydrogen-bond acceptors (Lipinski definition) is 6. The first-order valence-electron chi connectivity index (χ1n) is 9.89. The van der Waals surface area contributed by atoms with Crippen molar-refractivity contribution in [2.45, 2.75) is 13.8 Å². The van der Waals surface area contributed by atoms with E-state index in [9.17, 15) is 4.79 Å². The predicted molar refractivity (Wildman–Crippen MR) is 123 cm³/mol. The van der Waals surface area contributed by atoms with E-state index in [-0.39, 0.29) is 12.5 Å². The van der Waals surface area contributed by atoms with Crippen LogP contribution in [-0.2, 0) is 4.79 Å². The first-order valence-corrected chi connectivity index (χ1v) is 11.1. The van der Waals surface area contributed by atoms with E-state index in [1.54, 1.807) is 36.3 Å². The van der Waals surface area contributed by atoms with Gasteiger partial charge in [-0.3, -0.25) is 9.69 Å². The lowest BCUT2D eigenvalue weighted by molar-refractivity contribution is -0.120. The molecule has 1 amide bonds. The Kier molecular flexibility index (Phi) is 7.90. The summed E-state index contributed by atoms with van der Waals surface area (Å²) in [7, 11) is 1.63. The first kappa shape index (κ1) is 22.3. The third kappa shape index (κ3) is 5.62. The number of fused-ring (bicyclic) bond motifs is 1. The lowest BCUT2D eigenvalue weighted by Crippen LogP contribution is -2.41. The molecule has 160 valence electrons. The summed E-state index contributed by atoms with van der Waals surface area (Å²) in [6.07, 6.45) is 0. The van der Waals surface area contributed by atoms with Crippen LogP contribution < -0.4 is 14.4 Å². The minimum Gasteiger partial charge on any atom is -0.497 e. The highest BCUT2D eigenvalue weighted by Crippen LogP contribution is 2.31. The van der Waals surface area contributed by atoms with Crippen LogP contribution in [0.2, 0.25) is 5.02 Å². The highest BCUT2D eigenvalue weighted by atomic mass is 35.5. The molecule has 0 fully saturated rings. The number of thiazole rings is 1. The molecule has 0 saturated carbocycles. The summed E-state index contributed by atoms with van der Waals surface area (Å²) in [5.41, 5.74) is 0.814. The average Bonchev–Trinajstić information content (AvgIpc) is 3.19. The van der Waals surface area contributed by atoms with Crippen LogP contribution in [0.15, 0.2) is 42.5 Å². The zero-order valence-corrected chi connectivity index (χ0v) is 19.0. The standard InChI is InChI=1S/C22H26ClN3O3S/c1-4-25(5-2)12-13-26(21(27)15-29-17-8-6-16(23)7-9-17)22-24-19-14-18(28-3)10-11-20(19)30-22/h6-11,14H,4-5,12-13,15H2,1-3H3. The van der Waals surface area contributed by atoms with E-state index >= 15 is 0 Å². The Labute approximate surface area is 186 Å². The second kappa shape index (κ2) is 10.6. The van der Waals surface area contributed by atoms with E-state index in [0.29, 0.717) is 22.4 Å². The van der Waals surface area contributed by atoms with E-state index < -0.39 is 0 Å². The summed E-state index contributed by atoms with van der Waals surface area (Å²) in [6, 6.07) is 12.7. The van der Waals surface area contributed by atoms with Crippen LogP contribution in [0.4, 0.5) is 5.13 Å². The molecule has 30 heavy (non-hydrogen) atoms. The van der Waals surface area contributed by atoms with Crippen molar-refractivity contribution < 1.29 is 14.3 Å². The number of amides is 1. The molecule has 6 nitrogen and oxygen atoms in total. The van der Waals surface area contributed by atoms with Gasteiger partial charge in [0.25, 0.3) is 5.91 Å². The molecule has 0 radical (unpaired) electrons. The fraction of sp³-hybridized carbons (Fsp3) is 0.364. The van der Waals surface area contributed by atoms with Gasteiger partial charge in [-0.1, -0.05) is 36.8 Å². The number of benzene rings is 2. The Morgan fingerprint density at radius 1 is 1.07 bits per heavy atom. The maximum Gasteiger partial charge on any atom is 0.266 e. The Morgan fingerprint density at radius 3 is 2.43 bits per heavy atom. The second-order valence-electron chi connectivity index (χ2n) is 6.64. The smallest absolute Gasteiger partial charge is 0.266 e. The van der Waals surface area contributed by atoms with Gasteiger partial charge in [0.05, 0.1) is 17.3 Å². The van der Waals surface area contributed by atoms with Gasteiger partial charge in [-0.15, -0.1) is 0 Å². The number of carbonyl (C=O) groups excluding carboxylic acids is 1. The maximum absolute atomic E-state index is 13.1. The monoisotopic (exact) mass is 447 g/mol. The largest absolute Gasteiger partial charge is 0.497 e. The van der Waals surface area contributed by atoms with Crippen molar-refractivity contribution in [3.05, 3.63) is 47.5 Å². The molecule has 1 aromatic heterocycles. The molecule has 0 spiro atoms. The summed E-state index contributed by atoms with van der Waals surface area (Å²) in [4.78, 5) is 21.8. The number of likely N-dealkylation sites (N-methyl/N-ethyl adjacent to an activating group) is 1. The molecule has 0 aliphatic heterocycles. The first-order chi connectivity index (χ1) is 14.5. The number of ether oxygens (including phenoxy) is 2. The summed E-state index contributed by atoms with van der Waals surface area (Å²) in [5, 5.41) is 1.29. The molecule has 0 saturated heterocycles. The van der Waals surface area contributed by atoms with Gasteiger partial charge in [0.2, 0.25) is 0 Å². The molecule has 0 unspecified atom stereocenters. The van der Waals surface area contributed by atoms with E-state index in [0.717, 1.165) is 35.6 Å². The highest BCUT2D eigenvalue weighted by molar-refractivity contribution is 7.22. The highest BCUT2D eigenvalue weighted by Gasteiger charge is 2.21. The third-order valence-corrected chi connectivity index (χ3v) is 6.14. The van der Waals surface area contributed by atoms with Gasteiger partial charge in [0, 0.05) is 24.2 Å². The molecule has 0 aliphatic rings. The molecule has 3 rings (SSSR count). The van der Waals surface area contributed by atoms with Crippen molar-refractivity contribution in [2.75, 3.05) is 44.8 Å². The van der Waals surface area contributed by atoms with Crippen LogP contribution in [-0.4, -0.2) is 55.7 Å². The van der Waals surface area contributed by atoms with E-state index in [1.165, 1.54) is 11.3 Å². The number of carbonyl (C=O) groups is 1. The minimum absolute atomic E-state index is 0.0703. The van der Waals surface area contributed by atoms with Gasteiger partial charge in [0.15, 0.2) is 11.7 Å². The van der Waals surface area contributed by atoms with Crippen LogP contribution in [0.25, 0.3) is 10.2 Å². The summed E-state index contributed by atoms with van der Waals surface area (Å²) >= 11 is 7.40. The number of aromatic nitrogens is 1. The quantitative estimate of drug-likeness (QED) is 0.450. The van der Waals surface area contributed by atoms with Crippen molar-refractivity contribution in [1.29, 1.82) is 0 Å². The van der Waals surface area contributed by atoms with Crippen molar-refractivity contribution in [3.8, 4) is 11.5 Å². The molecule has 1 heterocycles. The molecule has 0 bridgehead atoms. The van der Waals surface area contributed by atoms with Crippen molar-refractivity contribution in [2.24, 2.45) is 0 Å². The fourth-order valence-corrected chi connectivity index (χ4v) is 4.11. The summed E-state index contributed by atoms with van der Waals surface area (Å²) in [5.74, 6) is 1.21. The Morgan fingerprint density at radius 2 is 1.77 bits per heavy atom. The molecule has 2 aromatic carbocycles. The number of nitrogens with zero attached hydrogens (tertiary/aromatic N) is 3. The van der Waals surface area contributed by atoms with Gasteiger partial charge < -0.3 is 14.4 Å². The van der Waals surface area contributed by atoms with Crippen molar-refractivity contribution >= 4 is 44.2 Å². The number of hydrogen-bond donors (Lipinski definition) is 0. The van der Waals surface area contributed by atoms with Gasteiger partial charge in [-0.25, -0.2) is 4.98 Å². The molecule has 0 atom stereocenters. The molecule has 8 heteroatoms.